The topological polar surface area (TPSA) is 29.5 Å². The van der Waals surface area contributed by atoms with Gasteiger partial charge in [-0.15, -0.1) is 0 Å². The van der Waals surface area contributed by atoms with E-state index >= 15 is 0 Å². The monoisotopic (exact) mass is 467 g/mol. The zero-order valence-electron chi connectivity index (χ0n) is 17.4. The zero-order valence-corrected chi connectivity index (χ0v) is 20.3. The Morgan fingerprint density at radius 3 is 1.69 bits per heavy atom. The molecule has 0 bridgehead atoms. The van der Waals surface area contributed by atoms with E-state index in [1.807, 2.05) is 24.3 Å². The van der Waals surface area contributed by atoms with Crippen LogP contribution < -0.4 is 4.74 Å². The van der Waals surface area contributed by atoms with Gasteiger partial charge in [0.1, 0.15) is 11.5 Å². The maximum absolute atomic E-state index is 9.66. The summed E-state index contributed by atoms with van der Waals surface area (Å²) in [6.07, 6.45) is 10.9. The van der Waals surface area contributed by atoms with Crippen molar-refractivity contribution >= 4 is 25.5 Å². The molecule has 0 saturated heterocycles. The van der Waals surface area contributed by atoms with Crippen molar-refractivity contribution < 1.29 is 9.84 Å². The smallest absolute Gasteiger partial charge is 0.122 e. The van der Waals surface area contributed by atoms with Gasteiger partial charge in [-0.3, -0.25) is 0 Å². The van der Waals surface area contributed by atoms with Crippen LogP contribution in [0.1, 0.15) is 77.7 Å². The molecule has 1 aliphatic rings. The van der Waals surface area contributed by atoms with Crippen LogP contribution >= 0.6 is 0 Å². The number of rotatable bonds is 11. The number of benzene rings is 1. The first-order valence-electron chi connectivity index (χ1n) is 10.5. The fourth-order valence-corrected chi connectivity index (χ4v) is 12.4. The SMILES string of the molecule is CCC[CH2][Sn]([CH2]CCC)[CH2]CCC.COc1ccc(C(O)=C2CC2)cc1. The van der Waals surface area contributed by atoms with Gasteiger partial charge < -0.3 is 9.84 Å². The Balaban J connectivity index is 0.000000260. The molecule has 0 heterocycles. The molecule has 1 aromatic rings. The molecule has 3 heteroatoms. The molecule has 1 aliphatic carbocycles. The molecule has 0 spiro atoms. The van der Waals surface area contributed by atoms with Crippen LogP contribution in [0.5, 0.6) is 5.75 Å². The van der Waals surface area contributed by atoms with Crippen molar-refractivity contribution in [1.82, 2.24) is 0 Å². The fraction of sp³-hybridized carbons (Fsp3) is 0.652. The third-order valence-electron chi connectivity index (χ3n) is 4.85. The Hall–Kier alpha value is -0.641. The molecule has 1 saturated carbocycles. The van der Waals surface area contributed by atoms with E-state index < -0.39 is 19.8 Å². The standard InChI is InChI=1S/C11H12O2.3C4H9.Sn/c1-13-10-6-4-9(5-7-10)11(12)8-2-3-8;3*1-3-4-2;/h4-7,12H,2-3H2,1H3;3*1,3-4H2,2H3;. The Morgan fingerprint density at radius 2 is 1.35 bits per heavy atom. The van der Waals surface area contributed by atoms with Crippen LogP contribution in [-0.4, -0.2) is 32.0 Å². The summed E-state index contributed by atoms with van der Waals surface area (Å²) in [5, 5.41) is 9.66. The van der Waals surface area contributed by atoms with Gasteiger partial charge in [0.15, 0.2) is 0 Å². The zero-order chi connectivity index (χ0) is 19.2. The third-order valence-corrected chi connectivity index (χ3v) is 13.9. The van der Waals surface area contributed by atoms with Gasteiger partial charge in [-0.2, -0.15) is 0 Å². The van der Waals surface area contributed by atoms with Gasteiger partial charge in [-0.05, 0) is 42.7 Å². The van der Waals surface area contributed by atoms with Crippen molar-refractivity contribution in [3.63, 3.8) is 0 Å². The summed E-state index contributed by atoms with van der Waals surface area (Å²) < 4.78 is 10.1. The van der Waals surface area contributed by atoms with Gasteiger partial charge in [-0.25, -0.2) is 0 Å². The second-order valence-corrected chi connectivity index (χ2v) is 15.8. The molecular formula is C23H39O2Sn. The first-order chi connectivity index (χ1) is 12.7. The number of aliphatic hydroxyl groups is 1. The van der Waals surface area contributed by atoms with Gasteiger partial charge in [0.25, 0.3) is 0 Å². The molecule has 1 fully saturated rings. The largest absolute Gasteiger partial charge is 0.507 e. The molecule has 2 nitrogen and oxygen atoms in total. The van der Waals surface area contributed by atoms with Gasteiger partial charge in [0.2, 0.25) is 0 Å². The van der Waals surface area contributed by atoms with Crippen LogP contribution in [0.4, 0.5) is 0 Å². The molecule has 147 valence electrons. The number of hydrogen-bond donors (Lipinski definition) is 1. The predicted octanol–water partition coefficient (Wildman–Crippen LogP) is 7.64. The number of allylic oxidation sites excluding steroid dienone is 1. The van der Waals surface area contributed by atoms with Crippen LogP contribution in [0.3, 0.4) is 0 Å². The van der Waals surface area contributed by atoms with Gasteiger partial charge in [-0.1, -0.05) is 0 Å². The Bertz CT molecular complexity index is 482. The molecule has 0 unspecified atom stereocenters. The van der Waals surface area contributed by atoms with Crippen molar-refractivity contribution in [2.75, 3.05) is 7.11 Å². The van der Waals surface area contributed by atoms with Crippen LogP contribution in [0.2, 0.25) is 13.3 Å². The molecule has 0 aliphatic heterocycles. The molecule has 0 aromatic heterocycles. The minimum Gasteiger partial charge on any atom is -0.507 e. The van der Waals surface area contributed by atoms with E-state index in [9.17, 15) is 5.11 Å². The summed E-state index contributed by atoms with van der Waals surface area (Å²) in [5.74, 6) is 1.26. The minimum absolute atomic E-state index is 0.447. The quantitative estimate of drug-likeness (QED) is 0.268. The van der Waals surface area contributed by atoms with E-state index in [2.05, 4.69) is 20.8 Å². The van der Waals surface area contributed by atoms with E-state index in [0.717, 1.165) is 29.7 Å². The first-order valence-corrected chi connectivity index (χ1v) is 16.6. The molecule has 1 aromatic carbocycles. The molecule has 0 amide bonds. The van der Waals surface area contributed by atoms with Crippen LogP contribution in [0.15, 0.2) is 29.8 Å². The van der Waals surface area contributed by atoms with Gasteiger partial charge in [0.05, 0.1) is 7.11 Å². The fourth-order valence-electron chi connectivity index (χ4n) is 2.91. The Kier molecular flexibility index (Phi) is 13.0. The van der Waals surface area contributed by atoms with Gasteiger partial charge >= 0.3 is 92.4 Å². The summed E-state index contributed by atoms with van der Waals surface area (Å²) in [7, 11) is 1.63. The number of ether oxygens (including phenoxy) is 1. The van der Waals surface area contributed by atoms with Crippen molar-refractivity contribution in [2.24, 2.45) is 0 Å². The van der Waals surface area contributed by atoms with E-state index in [1.54, 1.807) is 20.4 Å². The van der Waals surface area contributed by atoms with Crippen LogP contribution in [0, 0.1) is 0 Å². The molecule has 0 atom stereocenters. The van der Waals surface area contributed by atoms with E-state index in [1.165, 1.54) is 38.5 Å². The van der Waals surface area contributed by atoms with Crippen molar-refractivity contribution in [3.8, 4) is 5.75 Å². The van der Waals surface area contributed by atoms with E-state index in [0.29, 0.717) is 5.76 Å². The van der Waals surface area contributed by atoms with Gasteiger partial charge in [0, 0.05) is 5.56 Å². The number of methoxy groups -OCH3 is 1. The van der Waals surface area contributed by atoms with E-state index in [4.69, 9.17) is 4.74 Å². The van der Waals surface area contributed by atoms with Crippen molar-refractivity contribution in [3.05, 3.63) is 35.4 Å². The summed E-state index contributed by atoms with van der Waals surface area (Å²) in [6.45, 7) is 7.00. The summed E-state index contributed by atoms with van der Waals surface area (Å²) in [6, 6.07) is 7.46. The molecule has 1 radical (unpaired) electrons. The summed E-state index contributed by atoms with van der Waals surface area (Å²) >= 11 is -0.839. The second-order valence-electron chi connectivity index (χ2n) is 7.24. The molecule has 26 heavy (non-hydrogen) atoms. The maximum Gasteiger partial charge on any atom is 0.122 e. The Morgan fingerprint density at radius 1 is 0.885 bits per heavy atom. The van der Waals surface area contributed by atoms with Crippen LogP contribution in [-0.2, 0) is 0 Å². The average Bonchev–Trinajstić information content (AvgIpc) is 3.53. The molecule has 1 N–H and O–H groups in total. The molecule has 2 rings (SSSR count). The Labute approximate surface area is 168 Å². The van der Waals surface area contributed by atoms with Crippen LogP contribution in [0.25, 0.3) is 5.76 Å². The third kappa shape index (κ3) is 9.89. The maximum atomic E-state index is 9.66. The van der Waals surface area contributed by atoms with Crippen molar-refractivity contribution in [2.45, 2.75) is 85.4 Å². The number of hydrogen-bond acceptors (Lipinski definition) is 2. The first kappa shape index (κ1) is 23.4. The number of unbranched alkanes of at least 4 members (excludes halogenated alkanes) is 3. The molecular weight excluding hydrogens is 427 g/mol. The minimum atomic E-state index is -0.839. The van der Waals surface area contributed by atoms with E-state index in [-0.39, 0.29) is 0 Å². The average molecular weight is 466 g/mol. The summed E-state index contributed by atoms with van der Waals surface area (Å²) in [4.78, 5) is 0. The predicted molar refractivity (Wildman–Crippen MR) is 117 cm³/mol. The normalized spacial score (nSPS) is 12.6. The van der Waals surface area contributed by atoms with Crippen molar-refractivity contribution in [1.29, 1.82) is 0 Å². The second kappa shape index (κ2) is 14.4. The number of aliphatic hydroxyl groups excluding tert-OH is 1. The summed E-state index contributed by atoms with van der Waals surface area (Å²) in [5.41, 5.74) is 2.04.